The van der Waals surface area contributed by atoms with Crippen molar-refractivity contribution in [1.82, 2.24) is 19.7 Å². The van der Waals surface area contributed by atoms with E-state index in [1.54, 1.807) is 16.9 Å². The summed E-state index contributed by atoms with van der Waals surface area (Å²) in [7, 11) is 1.82. The molecule has 0 radical (unpaired) electrons. The molecule has 0 aliphatic heterocycles. The zero-order valence-electron chi connectivity index (χ0n) is 11.0. The highest BCUT2D eigenvalue weighted by Gasteiger charge is 2.13. The van der Waals surface area contributed by atoms with E-state index in [9.17, 15) is 0 Å². The molecule has 0 saturated carbocycles. The fourth-order valence-electron chi connectivity index (χ4n) is 2.01. The fourth-order valence-corrected chi connectivity index (χ4v) is 2.60. The number of fused-ring (bicyclic) bond motifs is 1. The smallest absolute Gasteiger partial charge is 0.233 e. The van der Waals surface area contributed by atoms with Crippen molar-refractivity contribution < 1.29 is 4.74 Å². The average Bonchev–Trinajstić information content (AvgIpc) is 2.77. The molecular weight excluding hydrogens is 322 g/mol. The SMILES string of the molecule is Cc1cc(Br)cc(N)c1Oc1ncnc2c1cnn2C. The highest BCUT2D eigenvalue weighted by molar-refractivity contribution is 9.10. The lowest BCUT2D eigenvalue weighted by Crippen LogP contribution is -1.98. The van der Waals surface area contributed by atoms with Gasteiger partial charge in [0.25, 0.3) is 0 Å². The van der Waals surface area contributed by atoms with Crippen LogP contribution < -0.4 is 10.5 Å². The van der Waals surface area contributed by atoms with E-state index >= 15 is 0 Å². The lowest BCUT2D eigenvalue weighted by atomic mass is 10.2. The van der Waals surface area contributed by atoms with Gasteiger partial charge >= 0.3 is 0 Å². The number of nitrogens with two attached hydrogens (primary N) is 1. The molecular formula is C13H12BrN5O. The largest absolute Gasteiger partial charge is 0.436 e. The first-order valence-corrected chi connectivity index (χ1v) is 6.71. The molecule has 2 heterocycles. The van der Waals surface area contributed by atoms with Crippen LogP contribution >= 0.6 is 15.9 Å². The summed E-state index contributed by atoms with van der Waals surface area (Å²) in [5, 5.41) is 4.90. The molecule has 2 aromatic heterocycles. The van der Waals surface area contributed by atoms with E-state index in [0.717, 1.165) is 15.4 Å². The van der Waals surface area contributed by atoms with Gasteiger partial charge in [-0.2, -0.15) is 5.10 Å². The summed E-state index contributed by atoms with van der Waals surface area (Å²) in [6.07, 6.45) is 3.12. The maximum absolute atomic E-state index is 6.00. The standard InChI is InChI=1S/C13H12BrN5O/c1-7-3-8(14)4-10(15)11(7)20-13-9-5-18-19(2)12(9)16-6-17-13/h3-6H,15H2,1-2H3. The van der Waals surface area contributed by atoms with Crippen LogP contribution in [0.2, 0.25) is 0 Å². The van der Waals surface area contributed by atoms with Crippen LogP contribution in [0.1, 0.15) is 5.56 Å². The second kappa shape index (κ2) is 4.75. The van der Waals surface area contributed by atoms with Crippen molar-refractivity contribution in [2.75, 3.05) is 5.73 Å². The van der Waals surface area contributed by atoms with Gasteiger partial charge in [-0.1, -0.05) is 15.9 Å². The third-order valence-corrected chi connectivity index (χ3v) is 3.42. The van der Waals surface area contributed by atoms with E-state index in [1.807, 2.05) is 20.0 Å². The molecule has 2 N–H and O–H groups in total. The molecule has 0 aliphatic carbocycles. The number of aromatic nitrogens is 4. The first-order valence-electron chi connectivity index (χ1n) is 5.92. The van der Waals surface area contributed by atoms with Gasteiger partial charge in [0.1, 0.15) is 11.7 Å². The first kappa shape index (κ1) is 12.9. The zero-order chi connectivity index (χ0) is 14.3. The number of halogens is 1. The van der Waals surface area contributed by atoms with Crippen molar-refractivity contribution in [1.29, 1.82) is 0 Å². The molecule has 0 saturated heterocycles. The highest BCUT2D eigenvalue weighted by Crippen LogP contribution is 2.35. The molecule has 0 bridgehead atoms. The number of rotatable bonds is 2. The summed E-state index contributed by atoms with van der Waals surface area (Å²) in [5.74, 6) is 1.04. The Hall–Kier alpha value is -2.15. The quantitative estimate of drug-likeness (QED) is 0.729. The second-order valence-electron chi connectivity index (χ2n) is 4.43. The summed E-state index contributed by atoms with van der Waals surface area (Å²) in [4.78, 5) is 8.34. The van der Waals surface area contributed by atoms with Gasteiger partial charge in [-0.25, -0.2) is 9.97 Å². The van der Waals surface area contributed by atoms with Gasteiger partial charge in [0.2, 0.25) is 5.88 Å². The monoisotopic (exact) mass is 333 g/mol. The highest BCUT2D eigenvalue weighted by atomic mass is 79.9. The molecule has 3 rings (SSSR count). The molecule has 0 unspecified atom stereocenters. The van der Waals surface area contributed by atoms with Gasteiger partial charge in [-0.05, 0) is 24.6 Å². The van der Waals surface area contributed by atoms with Crippen LogP contribution in [0.3, 0.4) is 0 Å². The number of benzene rings is 1. The predicted molar refractivity (Wildman–Crippen MR) is 79.7 cm³/mol. The Balaban J connectivity index is 2.10. The summed E-state index contributed by atoms with van der Waals surface area (Å²) < 4.78 is 8.45. The first-order chi connectivity index (χ1) is 9.56. The lowest BCUT2D eigenvalue weighted by Gasteiger charge is -2.11. The maximum Gasteiger partial charge on any atom is 0.233 e. The Bertz CT molecular complexity index is 776. The Morgan fingerprint density at radius 2 is 2.10 bits per heavy atom. The fraction of sp³-hybridized carbons (Fsp3) is 0.154. The van der Waals surface area contributed by atoms with Gasteiger partial charge in [0.05, 0.1) is 11.9 Å². The number of hydrogen-bond donors (Lipinski definition) is 1. The number of anilines is 1. The van der Waals surface area contributed by atoms with Crippen molar-refractivity contribution in [3.63, 3.8) is 0 Å². The minimum absolute atomic E-state index is 0.445. The molecule has 0 spiro atoms. The van der Waals surface area contributed by atoms with E-state index in [-0.39, 0.29) is 0 Å². The normalized spacial score (nSPS) is 10.9. The molecule has 3 aromatic rings. The third kappa shape index (κ3) is 2.09. The molecule has 0 aliphatic rings. The Morgan fingerprint density at radius 3 is 2.85 bits per heavy atom. The number of nitrogen functional groups attached to an aromatic ring is 1. The molecule has 1 aromatic carbocycles. The molecule has 102 valence electrons. The van der Waals surface area contributed by atoms with E-state index in [4.69, 9.17) is 10.5 Å². The molecule has 6 nitrogen and oxygen atoms in total. The Morgan fingerprint density at radius 1 is 1.30 bits per heavy atom. The molecule has 0 fully saturated rings. The van der Waals surface area contributed by atoms with Gasteiger partial charge < -0.3 is 10.5 Å². The zero-order valence-corrected chi connectivity index (χ0v) is 12.5. The summed E-state index contributed by atoms with van der Waals surface area (Å²) in [5.41, 5.74) is 8.18. The van der Waals surface area contributed by atoms with Crippen molar-refractivity contribution in [2.45, 2.75) is 6.92 Å². The van der Waals surface area contributed by atoms with Crippen molar-refractivity contribution in [2.24, 2.45) is 7.05 Å². The number of nitrogens with zero attached hydrogens (tertiary/aromatic N) is 4. The van der Waals surface area contributed by atoms with Crippen LogP contribution in [-0.4, -0.2) is 19.7 Å². The molecule has 0 atom stereocenters. The molecule has 7 heteroatoms. The minimum atomic E-state index is 0.445. The number of hydrogen-bond acceptors (Lipinski definition) is 5. The van der Waals surface area contributed by atoms with E-state index in [1.165, 1.54) is 6.33 Å². The maximum atomic E-state index is 6.00. The van der Waals surface area contributed by atoms with Crippen LogP contribution in [0.25, 0.3) is 11.0 Å². The average molecular weight is 334 g/mol. The van der Waals surface area contributed by atoms with Gasteiger partial charge in [-0.15, -0.1) is 0 Å². The van der Waals surface area contributed by atoms with Crippen LogP contribution in [0, 0.1) is 6.92 Å². The van der Waals surface area contributed by atoms with Crippen LogP contribution in [0.5, 0.6) is 11.6 Å². The summed E-state index contributed by atoms with van der Waals surface area (Å²) in [6, 6.07) is 3.73. The predicted octanol–water partition coefficient (Wildman–Crippen LogP) is 2.81. The second-order valence-corrected chi connectivity index (χ2v) is 5.34. The Kier molecular flexibility index (Phi) is 3.06. The van der Waals surface area contributed by atoms with Crippen LogP contribution in [0.4, 0.5) is 5.69 Å². The van der Waals surface area contributed by atoms with Crippen molar-refractivity contribution in [3.8, 4) is 11.6 Å². The minimum Gasteiger partial charge on any atom is -0.436 e. The molecule has 0 amide bonds. The van der Waals surface area contributed by atoms with E-state index < -0.39 is 0 Å². The number of aryl methyl sites for hydroxylation is 2. The lowest BCUT2D eigenvalue weighted by molar-refractivity contribution is 0.467. The van der Waals surface area contributed by atoms with Crippen LogP contribution in [-0.2, 0) is 7.05 Å². The Labute approximate surface area is 123 Å². The molecule has 20 heavy (non-hydrogen) atoms. The third-order valence-electron chi connectivity index (χ3n) is 2.96. The topological polar surface area (TPSA) is 78.8 Å². The summed E-state index contributed by atoms with van der Waals surface area (Å²) >= 11 is 3.40. The van der Waals surface area contributed by atoms with Gasteiger partial charge in [-0.3, -0.25) is 4.68 Å². The van der Waals surface area contributed by atoms with Crippen molar-refractivity contribution >= 4 is 32.7 Å². The van der Waals surface area contributed by atoms with Gasteiger partial charge in [0, 0.05) is 11.5 Å². The van der Waals surface area contributed by atoms with E-state index in [2.05, 4.69) is 31.0 Å². The van der Waals surface area contributed by atoms with Gasteiger partial charge in [0.15, 0.2) is 11.4 Å². The van der Waals surface area contributed by atoms with Crippen molar-refractivity contribution in [3.05, 3.63) is 34.7 Å². The number of ether oxygens (including phenoxy) is 1. The van der Waals surface area contributed by atoms with E-state index in [0.29, 0.717) is 23.0 Å². The summed E-state index contributed by atoms with van der Waals surface area (Å²) in [6.45, 7) is 1.93. The van der Waals surface area contributed by atoms with Crippen LogP contribution in [0.15, 0.2) is 29.1 Å².